The lowest BCUT2D eigenvalue weighted by molar-refractivity contribution is 0.0702. The van der Waals surface area contributed by atoms with Gasteiger partial charge in [-0.1, -0.05) is 6.92 Å². The number of carbonyl (C=O) groups is 1. The summed E-state index contributed by atoms with van der Waals surface area (Å²) in [4.78, 5) is 12.5. The van der Waals surface area contributed by atoms with E-state index in [4.69, 9.17) is 5.11 Å². The molecule has 0 amide bonds. The second-order valence-electron chi connectivity index (χ2n) is 4.96. The van der Waals surface area contributed by atoms with Gasteiger partial charge in [0.05, 0.1) is 11.7 Å². The molecule has 1 aliphatic carbocycles. The summed E-state index contributed by atoms with van der Waals surface area (Å²) in [6.07, 6.45) is 3.37. The minimum Gasteiger partial charge on any atom is -0.477 e. The standard InChI is InChI=1S/C13H16N2O2S/c1-3-10-9-6-11(13(16)17)18-12(9)15(14-10)7(2)8-4-5-8/h6-8H,3-5H2,1-2H3,(H,16,17). The van der Waals surface area contributed by atoms with Gasteiger partial charge in [-0.3, -0.25) is 4.68 Å². The smallest absolute Gasteiger partial charge is 0.345 e. The highest BCUT2D eigenvalue weighted by Gasteiger charge is 2.31. The molecule has 96 valence electrons. The van der Waals surface area contributed by atoms with Crippen molar-refractivity contribution in [3.05, 3.63) is 16.6 Å². The molecule has 3 rings (SSSR count). The van der Waals surface area contributed by atoms with Crippen LogP contribution in [-0.4, -0.2) is 20.9 Å². The van der Waals surface area contributed by atoms with Gasteiger partial charge in [-0.25, -0.2) is 4.79 Å². The van der Waals surface area contributed by atoms with Crippen LogP contribution in [0.3, 0.4) is 0 Å². The van der Waals surface area contributed by atoms with E-state index in [2.05, 4.69) is 18.9 Å². The van der Waals surface area contributed by atoms with Crippen LogP contribution in [0.2, 0.25) is 0 Å². The fraction of sp³-hybridized carbons (Fsp3) is 0.538. The number of nitrogens with zero attached hydrogens (tertiary/aromatic N) is 2. The van der Waals surface area contributed by atoms with Gasteiger partial charge in [0.15, 0.2) is 0 Å². The molecule has 2 aromatic rings. The van der Waals surface area contributed by atoms with Gasteiger partial charge in [-0.15, -0.1) is 11.3 Å². The molecule has 4 nitrogen and oxygen atoms in total. The predicted octanol–water partition coefficient (Wildman–Crippen LogP) is 3.33. The van der Waals surface area contributed by atoms with Crippen molar-refractivity contribution >= 4 is 27.5 Å². The third kappa shape index (κ3) is 1.73. The maximum absolute atomic E-state index is 11.1. The Bertz CT molecular complexity index is 610. The number of aromatic nitrogens is 2. The maximum Gasteiger partial charge on any atom is 0.345 e. The molecule has 1 fully saturated rings. The SMILES string of the molecule is CCc1nn(C(C)C2CC2)c2sc(C(=O)O)cc12. The lowest BCUT2D eigenvalue weighted by Gasteiger charge is -2.10. The summed E-state index contributed by atoms with van der Waals surface area (Å²) < 4.78 is 2.04. The van der Waals surface area contributed by atoms with Crippen LogP contribution < -0.4 is 0 Å². The van der Waals surface area contributed by atoms with Crippen LogP contribution in [0.5, 0.6) is 0 Å². The van der Waals surface area contributed by atoms with Crippen molar-refractivity contribution in [2.24, 2.45) is 5.92 Å². The summed E-state index contributed by atoms with van der Waals surface area (Å²) in [6, 6.07) is 2.15. The van der Waals surface area contributed by atoms with Crippen LogP contribution in [-0.2, 0) is 6.42 Å². The molecule has 1 atom stereocenters. The largest absolute Gasteiger partial charge is 0.477 e. The number of rotatable bonds is 4. The lowest BCUT2D eigenvalue weighted by Crippen LogP contribution is -2.08. The van der Waals surface area contributed by atoms with Crippen molar-refractivity contribution < 1.29 is 9.90 Å². The summed E-state index contributed by atoms with van der Waals surface area (Å²) in [5.41, 5.74) is 1.02. The van der Waals surface area contributed by atoms with Crippen molar-refractivity contribution in [3.8, 4) is 0 Å². The molecule has 5 heteroatoms. The molecular formula is C13H16N2O2S. The normalized spacial score (nSPS) is 17.2. The van der Waals surface area contributed by atoms with Gasteiger partial charge < -0.3 is 5.11 Å². The summed E-state index contributed by atoms with van der Waals surface area (Å²) in [5.74, 6) is -0.128. The lowest BCUT2D eigenvalue weighted by atomic mass is 10.2. The molecule has 1 aliphatic rings. The Balaban J connectivity index is 2.14. The van der Waals surface area contributed by atoms with Crippen molar-refractivity contribution in [1.82, 2.24) is 9.78 Å². The van der Waals surface area contributed by atoms with E-state index in [1.807, 2.05) is 4.68 Å². The third-order valence-electron chi connectivity index (χ3n) is 3.70. The first-order chi connectivity index (χ1) is 8.61. The molecule has 0 aliphatic heterocycles. The number of aryl methyl sites for hydroxylation is 1. The molecule has 2 aromatic heterocycles. The highest BCUT2D eigenvalue weighted by atomic mass is 32.1. The van der Waals surface area contributed by atoms with Gasteiger partial charge >= 0.3 is 5.97 Å². The molecule has 1 unspecified atom stereocenters. The molecule has 0 aromatic carbocycles. The molecule has 0 spiro atoms. The molecule has 1 saturated carbocycles. The van der Waals surface area contributed by atoms with Crippen molar-refractivity contribution in [3.63, 3.8) is 0 Å². The Morgan fingerprint density at radius 2 is 2.39 bits per heavy atom. The maximum atomic E-state index is 11.1. The fourth-order valence-electron chi connectivity index (χ4n) is 2.41. The Morgan fingerprint density at radius 3 is 2.94 bits per heavy atom. The van der Waals surface area contributed by atoms with Gasteiger partial charge in [-0.2, -0.15) is 5.10 Å². The van der Waals surface area contributed by atoms with E-state index in [-0.39, 0.29) is 0 Å². The van der Waals surface area contributed by atoms with E-state index in [1.165, 1.54) is 24.2 Å². The van der Waals surface area contributed by atoms with E-state index < -0.39 is 5.97 Å². The summed E-state index contributed by atoms with van der Waals surface area (Å²) in [5, 5.41) is 14.8. The second-order valence-corrected chi connectivity index (χ2v) is 5.99. The zero-order chi connectivity index (χ0) is 12.9. The van der Waals surface area contributed by atoms with E-state index in [0.717, 1.165) is 22.3 Å². The van der Waals surface area contributed by atoms with E-state index in [1.54, 1.807) is 6.07 Å². The Labute approximate surface area is 109 Å². The Kier molecular flexibility index (Phi) is 2.66. The van der Waals surface area contributed by atoms with Crippen molar-refractivity contribution in [1.29, 1.82) is 0 Å². The van der Waals surface area contributed by atoms with Crippen molar-refractivity contribution in [2.75, 3.05) is 0 Å². The van der Waals surface area contributed by atoms with Gasteiger partial charge in [0.2, 0.25) is 0 Å². The molecule has 0 bridgehead atoms. The highest BCUT2D eigenvalue weighted by molar-refractivity contribution is 7.20. The number of thiophene rings is 1. The molecule has 1 N–H and O–H groups in total. The minimum atomic E-state index is -0.844. The molecule has 0 radical (unpaired) electrons. The van der Waals surface area contributed by atoms with Crippen molar-refractivity contribution in [2.45, 2.75) is 39.2 Å². The Hall–Kier alpha value is -1.36. The number of fused-ring (bicyclic) bond motifs is 1. The number of carboxylic acid groups (broad SMARTS) is 1. The quantitative estimate of drug-likeness (QED) is 0.921. The topological polar surface area (TPSA) is 55.1 Å². The molecule has 18 heavy (non-hydrogen) atoms. The molecule has 2 heterocycles. The Morgan fingerprint density at radius 1 is 1.67 bits per heavy atom. The highest BCUT2D eigenvalue weighted by Crippen LogP contribution is 2.42. The zero-order valence-electron chi connectivity index (χ0n) is 10.5. The number of hydrogen-bond acceptors (Lipinski definition) is 3. The van der Waals surface area contributed by atoms with Crippen LogP contribution >= 0.6 is 11.3 Å². The number of aromatic carboxylic acids is 1. The fourth-order valence-corrected chi connectivity index (χ4v) is 3.47. The number of hydrogen-bond donors (Lipinski definition) is 1. The average molecular weight is 264 g/mol. The van der Waals surface area contributed by atoms with Crippen LogP contribution in [0.15, 0.2) is 6.07 Å². The average Bonchev–Trinajstić information content (AvgIpc) is 2.99. The first-order valence-corrected chi connectivity index (χ1v) is 7.17. The van der Waals surface area contributed by atoms with Gasteiger partial charge in [0.25, 0.3) is 0 Å². The summed E-state index contributed by atoms with van der Waals surface area (Å²) in [7, 11) is 0. The minimum absolute atomic E-state index is 0.382. The van der Waals surface area contributed by atoms with E-state index in [9.17, 15) is 4.79 Å². The first-order valence-electron chi connectivity index (χ1n) is 6.36. The summed E-state index contributed by atoms with van der Waals surface area (Å²) >= 11 is 1.34. The van der Waals surface area contributed by atoms with Gasteiger partial charge in [0.1, 0.15) is 9.71 Å². The second kappa shape index (κ2) is 4.09. The van der Waals surface area contributed by atoms with Crippen LogP contribution in [0.4, 0.5) is 0 Å². The molecule has 0 saturated heterocycles. The number of carboxylic acids is 1. The predicted molar refractivity (Wildman–Crippen MR) is 71.4 cm³/mol. The third-order valence-corrected chi connectivity index (χ3v) is 4.81. The van der Waals surface area contributed by atoms with Crippen LogP contribution in [0.25, 0.3) is 10.2 Å². The van der Waals surface area contributed by atoms with E-state index in [0.29, 0.717) is 16.8 Å². The first kappa shape index (κ1) is 11.7. The van der Waals surface area contributed by atoms with Gasteiger partial charge in [0, 0.05) is 5.39 Å². The molecular weight excluding hydrogens is 248 g/mol. The monoisotopic (exact) mass is 264 g/mol. The zero-order valence-corrected chi connectivity index (χ0v) is 11.3. The van der Waals surface area contributed by atoms with E-state index >= 15 is 0 Å². The van der Waals surface area contributed by atoms with Gasteiger partial charge in [-0.05, 0) is 38.2 Å². The van der Waals surface area contributed by atoms with Crippen LogP contribution in [0.1, 0.15) is 48.1 Å². The van der Waals surface area contributed by atoms with Crippen LogP contribution in [0, 0.1) is 5.92 Å². The summed E-state index contributed by atoms with van der Waals surface area (Å²) in [6.45, 7) is 4.25.